The second kappa shape index (κ2) is 9.18. The number of piperazine rings is 1. The Hall–Kier alpha value is -2.86. The van der Waals surface area contributed by atoms with Gasteiger partial charge >= 0.3 is 6.03 Å². The van der Waals surface area contributed by atoms with Crippen molar-refractivity contribution in [3.63, 3.8) is 0 Å². The Balaban J connectivity index is 1.25. The molecule has 6 heteroatoms. The van der Waals surface area contributed by atoms with Crippen molar-refractivity contribution in [2.75, 3.05) is 51.6 Å². The minimum Gasteiger partial charge on any atom is -0.340 e. The first kappa shape index (κ1) is 22.0. The van der Waals surface area contributed by atoms with Crippen LogP contribution in [0.25, 0.3) is 0 Å². The normalized spacial score (nSPS) is 22.3. The summed E-state index contributed by atoms with van der Waals surface area (Å²) in [6.45, 7) is 5.06. The molecule has 2 saturated heterocycles. The first-order valence-corrected chi connectivity index (χ1v) is 12.2. The van der Waals surface area contributed by atoms with Crippen LogP contribution < -0.4 is 5.32 Å². The highest BCUT2D eigenvalue weighted by atomic mass is 16.2. The molecule has 1 unspecified atom stereocenters. The Labute approximate surface area is 196 Å². The van der Waals surface area contributed by atoms with Crippen molar-refractivity contribution in [2.45, 2.75) is 37.0 Å². The molecule has 2 aliphatic heterocycles. The molecule has 33 heavy (non-hydrogen) atoms. The molecule has 0 radical (unpaired) electrons. The fourth-order valence-electron chi connectivity index (χ4n) is 5.94. The van der Waals surface area contributed by atoms with Crippen molar-refractivity contribution < 1.29 is 9.59 Å². The number of carbonyl (C=O) groups is 2. The topological polar surface area (TPSA) is 55.9 Å². The van der Waals surface area contributed by atoms with Gasteiger partial charge in [-0.05, 0) is 60.9 Å². The Bertz CT molecular complexity index is 992. The molecule has 5 rings (SSSR count). The van der Waals surface area contributed by atoms with Crippen molar-refractivity contribution in [1.29, 1.82) is 0 Å². The molecule has 1 spiro atoms. The molecule has 1 atom stereocenters. The summed E-state index contributed by atoms with van der Waals surface area (Å²) in [4.78, 5) is 32.2. The number of likely N-dealkylation sites (N-methyl/N-ethyl adjacent to an activating group) is 1. The third kappa shape index (κ3) is 4.49. The predicted molar refractivity (Wildman–Crippen MR) is 130 cm³/mol. The number of likely N-dealkylation sites (tertiary alicyclic amines) is 1. The summed E-state index contributed by atoms with van der Waals surface area (Å²) in [6.07, 6.45) is 3.51. The van der Waals surface area contributed by atoms with Crippen molar-refractivity contribution in [1.82, 2.24) is 14.7 Å². The van der Waals surface area contributed by atoms with E-state index < -0.39 is 0 Å². The molecule has 0 aromatic heterocycles. The summed E-state index contributed by atoms with van der Waals surface area (Å²) in [7, 11) is 2.12. The highest BCUT2D eigenvalue weighted by Crippen LogP contribution is 2.52. The SMILES string of the molecule is CN1CCN(C(=O)CC2CC3(CCN(C(=O)Nc4ccccc4)CC3)c3ccccc32)CC1. The van der Waals surface area contributed by atoms with E-state index >= 15 is 0 Å². The van der Waals surface area contributed by atoms with Crippen LogP contribution in [-0.4, -0.2) is 73.0 Å². The Morgan fingerprint density at radius 3 is 2.27 bits per heavy atom. The summed E-state index contributed by atoms with van der Waals surface area (Å²) in [5.41, 5.74) is 3.66. The van der Waals surface area contributed by atoms with Gasteiger partial charge in [-0.15, -0.1) is 0 Å². The molecule has 3 amide bonds. The number of rotatable bonds is 3. The third-order valence-corrected chi connectivity index (χ3v) is 7.92. The minimum atomic E-state index is -0.0240. The van der Waals surface area contributed by atoms with Gasteiger partial charge in [0.15, 0.2) is 0 Å². The van der Waals surface area contributed by atoms with Crippen LogP contribution in [0.4, 0.5) is 10.5 Å². The second-order valence-electron chi connectivity index (χ2n) is 9.94. The molecule has 2 fully saturated rings. The summed E-state index contributed by atoms with van der Waals surface area (Å²) in [5.74, 6) is 0.567. The van der Waals surface area contributed by atoms with Crippen molar-refractivity contribution in [3.05, 3.63) is 65.7 Å². The van der Waals surface area contributed by atoms with E-state index in [4.69, 9.17) is 0 Å². The van der Waals surface area contributed by atoms with Crippen LogP contribution in [-0.2, 0) is 10.2 Å². The van der Waals surface area contributed by atoms with Gasteiger partial charge < -0.3 is 20.0 Å². The van der Waals surface area contributed by atoms with E-state index in [2.05, 4.69) is 41.5 Å². The average molecular weight is 447 g/mol. The first-order valence-electron chi connectivity index (χ1n) is 12.2. The predicted octanol–water partition coefficient (Wildman–Crippen LogP) is 3.90. The van der Waals surface area contributed by atoms with Crippen molar-refractivity contribution in [3.8, 4) is 0 Å². The summed E-state index contributed by atoms with van der Waals surface area (Å²) < 4.78 is 0. The molecule has 1 aliphatic carbocycles. The molecule has 2 heterocycles. The van der Waals surface area contributed by atoms with E-state index in [0.29, 0.717) is 12.3 Å². The Morgan fingerprint density at radius 1 is 0.879 bits per heavy atom. The number of carbonyl (C=O) groups excluding carboxylic acids is 2. The van der Waals surface area contributed by atoms with Gasteiger partial charge in [-0.3, -0.25) is 4.79 Å². The van der Waals surface area contributed by atoms with Crippen LogP contribution in [0.15, 0.2) is 54.6 Å². The maximum atomic E-state index is 13.1. The van der Waals surface area contributed by atoms with E-state index in [0.717, 1.165) is 64.2 Å². The standard InChI is InChI=1S/C27H34N4O2/c1-29-15-17-30(18-16-29)25(32)19-21-20-27(24-10-6-5-9-23(21)24)11-13-31(14-12-27)26(33)28-22-7-3-2-4-8-22/h2-10,21H,11-20H2,1H3,(H,28,33). The maximum Gasteiger partial charge on any atom is 0.321 e. The number of amides is 3. The molecule has 2 aromatic rings. The van der Waals surface area contributed by atoms with E-state index in [1.54, 1.807) is 0 Å². The molecule has 3 aliphatic rings. The number of hydrogen-bond acceptors (Lipinski definition) is 3. The van der Waals surface area contributed by atoms with Crippen LogP contribution >= 0.6 is 0 Å². The molecule has 0 saturated carbocycles. The molecule has 0 bridgehead atoms. The molecule has 6 nitrogen and oxygen atoms in total. The number of para-hydroxylation sites is 1. The zero-order valence-corrected chi connectivity index (χ0v) is 19.5. The summed E-state index contributed by atoms with van der Waals surface area (Å²) in [5, 5.41) is 3.02. The van der Waals surface area contributed by atoms with Gasteiger partial charge in [-0.25, -0.2) is 4.79 Å². The second-order valence-corrected chi connectivity index (χ2v) is 9.94. The molecular weight excluding hydrogens is 412 g/mol. The lowest BCUT2D eigenvalue weighted by molar-refractivity contribution is -0.133. The maximum absolute atomic E-state index is 13.1. The number of nitrogens with one attached hydrogen (secondary N) is 1. The summed E-state index contributed by atoms with van der Waals surface area (Å²) in [6, 6.07) is 18.3. The minimum absolute atomic E-state index is 0.0240. The average Bonchev–Trinajstić information content (AvgIpc) is 3.13. The third-order valence-electron chi connectivity index (χ3n) is 7.92. The smallest absolute Gasteiger partial charge is 0.321 e. The van der Waals surface area contributed by atoms with Crippen molar-refractivity contribution in [2.24, 2.45) is 0 Å². The number of fused-ring (bicyclic) bond motifs is 2. The molecule has 174 valence electrons. The Morgan fingerprint density at radius 2 is 1.55 bits per heavy atom. The van der Waals surface area contributed by atoms with Crippen LogP contribution in [0, 0.1) is 0 Å². The summed E-state index contributed by atoms with van der Waals surface area (Å²) >= 11 is 0. The zero-order valence-electron chi connectivity index (χ0n) is 19.5. The fourth-order valence-corrected chi connectivity index (χ4v) is 5.94. The quantitative estimate of drug-likeness (QED) is 0.778. The van der Waals surface area contributed by atoms with Crippen LogP contribution in [0.5, 0.6) is 0 Å². The Kier molecular flexibility index (Phi) is 6.11. The van der Waals surface area contributed by atoms with Crippen LogP contribution in [0.1, 0.15) is 42.7 Å². The number of anilines is 1. The highest BCUT2D eigenvalue weighted by Gasteiger charge is 2.46. The first-order chi connectivity index (χ1) is 16.0. The zero-order chi connectivity index (χ0) is 22.8. The monoisotopic (exact) mass is 446 g/mol. The van der Waals surface area contributed by atoms with Gasteiger partial charge in [0.1, 0.15) is 0 Å². The van der Waals surface area contributed by atoms with Crippen LogP contribution in [0.3, 0.4) is 0 Å². The van der Waals surface area contributed by atoms with Gasteiger partial charge in [0, 0.05) is 51.4 Å². The molecule has 1 N–H and O–H groups in total. The lowest BCUT2D eigenvalue weighted by Crippen LogP contribution is -2.47. The lowest BCUT2D eigenvalue weighted by atomic mass is 9.73. The largest absolute Gasteiger partial charge is 0.340 e. The van der Waals surface area contributed by atoms with E-state index in [-0.39, 0.29) is 17.4 Å². The molecule has 2 aromatic carbocycles. The van der Waals surface area contributed by atoms with Gasteiger partial charge in [0.25, 0.3) is 0 Å². The van der Waals surface area contributed by atoms with E-state index in [1.807, 2.05) is 40.1 Å². The van der Waals surface area contributed by atoms with Crippen molar-refractivity contribution >= 4 is 17.6 Å². The molecular formula is C27H34N4O2. The number of urea groups is 1. The fraction of sp³-hybridized carbons (Fsp3) is 0.481. The number of hydrogen-bond donors (Lipinski definition) is 1. The van der Waals surface area contributed by atoms with E-state index in [9.17, 15) is 9.59 Å². The number of benzene rings is 2. The highest BCUT2D eigenvalue weighted by molar-refractivity contribution is 5.89. The van der Waals surface area contributed by atoms with E-state index in [1.165, 1.54) is 11.1 Å². The van der Waals surface area contributed by atoms with Crippen LogP contribution in [0.2, 0.25) is 0 Å². The lowest BCUT2D eigenvalue weighted by Gasteiger charge is -2.40. The number of piperidine rings is 1. The van der Waals surface area contributed by atoms with Gasteiger partial charge in [-0.1, -0.05) is 42.5 Å². The van der Waals surface area contributed by atoms with Gasteiger partial charge in [-0.2, -0.15) is 0 Å². The number of nitrogens with zero attached hydrogens (tertiary/aromatic N) is 3. The van der Waals surface area contributed by atoms with Gasteiger partial charge in [0.05, 0.1) is 0 Å². The van der Waals surface area contributed by atoms with Gasteiger partial charge in [0.2, 0.25) is 5.91 Å².